The lowest BCUT2D eigenvalue weighted by molar-refractivity contribution is -0.160. The number of aliphatic hydroxyl groups excluding tert-OH is 3. The van der Waals surface area contributed by atoms with Gasteiger partial charge in [0.05, 0.1) is 24.2 Å². The number of carboxylic acids is 1. The summed E-state index contributed by atoms with van der Waals surface area (Å²) in [6, 6.07) is 0. The highest BCUT2D eigenvalue weighted by Crippen LogP contribution is 2.22. The second kappa shape index (κ2) is 22.0. The zero-order valence-electron chi connectivity index (χ0n) is 27.2. The number of allylic oxidation sites excluding steroid dienone is 3. The summed E-state index contributed by atoms with van der Waals surface area (Å²) in [6.45, 7) is 7.56. The lowest BCUT2D eigenvalue weighted by Gasteiger charge is -2.23. The van der Waals surface area contributed by atoms with Gasteiger partial charge in [0.15, 0.2) is 6.10 Å². The SMILES string of the molecule is CCCC1OC(=O)C(C)CC(C)CCCCC(=O)CCCC(CC)/C=C/C=C(/C(=O)O)CCC(O)C(O)CC(O)CNC1=O. The first-order valence-electron chi connectivity index (χ1n) is 16.5. The van der Waals surface area contributed by atoms with Gasteiger partial charge in [-0.25, -0.2) is 4.79 Å². The first-order chi connectivity index (χ1) is 20.9. The van der Waals surface area contributed by atoms with Crippen LogP contribution in [-0.2, 0) is 23.9 Å². The van der Waals surface area contributed by atoms with Gasteiger partial charge in [-0.15, -0.1) is 0 Å². The van der Waals surface area contributed by atoms with Crippen LogP contribution in [-0.4, -0.2) is 75.0 Å². The van der Waals surface area contributed by atoms with Crippen molar-refractivity contribution in [3.63, 3.8) is 0 Å². The lowest BCUT2D eigenvalue weighted by Crippen LogP contribution is -2.43. The van der Waals surface area contributed by atoms with E-state index in [1.54, 1.807) is 13.0 Å². The number of nitrogens with one attached hydrogen (secondary N) is 1. The highest BCUT2D eigenvalue weighted by atomic mass is 16.5. The quantitative estimate of drug-likeness (QED) is 0.280. The van der Waals surface area contributed by atoms with E-state index in [0.29, 0.717) is 32.1 Å². The normalized spacial score (nSPS) is 32.7. The molecule has 10 nitrogen and oxygen atoms in total. The maximum Gasteiger partial charge on any atom is 0.331 e. The van der Waals surface area contributed by atoms with Gasteiger partial charge in [-0.1, -0.05) is 65.2 Å². The van der Waals surface area contributed by atoms with E-state index < -0.39 is 48.2 Å². The van der Waals surface area contributed by atoms with Crippen molar-refractivity contribution >= 4 is 23.6 Å². The van der Waals surface area contributed by atoms with Crippen molar-refractivity contribution in [1.29, 1.82) is 0 Å². The molecule has 0 fully saturated rings. The van der Waals surface area contributed by atoms with Crippen molar-refractivity contribution in [3.05, 3.63) is 23.8 Å². The van der Waals surface area contributed by atoms with Gasteiger partial charge in [-0.3, -0.25) is 14.4 Å². The van der Waals surface area contributed by atoms with E-state index >= 15 is 0 Å². The average Bonchev–Trinajstić information content (AvgIpc) is 2.97. The summed E-state index contributed by atoms with van der Waals surface area (Å²) in [5, 5.41) is 43.4. The lowest BCUT2D eigenvalue weighted by atomic mass is 9.92. The molecule has 5 N–H and O–H groups in total. The molecule has 1 heterocycles. The Balaban J connectivity index is 2.98. The molecule has 0 aromatic carbocycles. The topological polar surface area (TPSA) is 170 Å². The molecule has 0 saturated carbocycles. The highest BCUT2D eigenvalue weighted by molar-refractivity contribution is 5.87. The van der Waals surface area contributed by atoms with Gasteiger partial charge in [0, 0.05) is 31.4 Å². The number of aliphatic carboxylic acids is 1. The summed E-state index contributed by atoms with van der Waals surface area (Å²) in [6.07, 6.45) is 7.70. The molecular formula is C34H57NO9. The van der Waals surface area contributed by atoms with Crippen molar-refractivity contribution in [2.45, 2.75) is 142 Å². The van der Waals surface area contributed by atoms with E-state index in [4.69, 9.17) is 4.74 Å². The third-order valence-corrected chi connectivity index (χ3v) is 8.35. The fraction of sp³-hybridized carbons (Fsp3) is 0.765. The first-order valence-corrected chi connectivity index (χ1v) is 16.5. The second-order valence-electron chi connectivity index (χ2n) is 12.5. The van der Waals surface area contributed by atoms with Gasteiger partial charge in [0.2, 0.25) is 0 Å². The zero-order chi connectivity index (χ0) is 33.1. The van der Waals surface area contributed by atoms with Crippen LogP contribution in [0.3, 0.4) is 0 Å². The summed E-state index contributed by atoms with van der Waals surface area (Å²) < 4.78 is 5.55. The van der Waals surface area contributed by atoms with Crippen LogP contribution >= 0.6 is 0 Å². The van der Waals surface area contributed by atoms with Crippen LogP contribution in [0.1, 0.15) is 118 Å². The average molecular weight is 624 g/mol. The smallest absolute Gasteiger partial charge is 0.331 e. The largest absolute Gasteiger partial charge is 0.478 e. The number of carboxylic acid groups (broad SMARTS) is 1. The predicted octanol–water partition coefficient (Wildman–Crippen LogP) is 4.64. The van der Waals surface area contributed by atoms with Crippen LogP contribution in [0.4, 0.5) is 0 Å². The molecule has 0 aliphatic carbocycles. The molecule has 0 radical (unpaired) electrons. The minimum atomic E-state index is -1.33. The number of aliphatic hydroxyl groups is 3. The maximum absolute atomic E-state index is 12.8. The Morgan fingerprint density at radius 3 is 2.30 bits per heavy atom. The van der Waals surface area contributed by atoms with Crippen molar-refractivity contribution in [2.24, 2.45) is 17.8 Å². The molecule has 1 aliphatic rings. The van der Waals surface area contributed by atoms with Crippen molar-refractivity contribution in [3.8, 4) is 0 Å². The fourth-order valence-corrected chi connectivity index (χ4v) is 5.46. The molecule has 0 spiro atoms. The summed E-state index contributed by atoms with van der Waals surface area (Å²) >= 11 is 0. The third kappa shape index (κ3) is 16.5. The van der Waals surface area contributed by atoms with Crippen LogP contribution in [0.2, 0.25) is 0 Å². The Labute approximate surface area is 263 Å². The van der Waals surface area contributed by atoms with E-state index in [1.165, 1.54) is 6.08 Å². The van der Waals surface area contributed by atoms with Gasteiger partial charge in [0.1, 0.15) is 5.78 Å². The number of ether oxygens (including phenoxy) is 1. The Morgan fingerprint density at radius 2 is 1.64 bits per heavy atom. The number of amides is 1. The molecule has 0 bridgehead atoms. The van der Waals surface area contributed by atoms with Gasteiger partial charge in [0.25, 0.3) is 5.91 Å². The van der Waals surface area contributed by atoms with Crippen LogP contribution < -0.4 is 5.32 Å². The van der Waals surface area contributed by atoms with E-state index in [1.807, 2.05) is 19.9 Å². The number of β-amino-alcohol motifs (C(OH)–C–C–N with tert-alkyl or cyclic N) is 1. The monoisotopic (exact) mass is 623 g/mol. The minimum Gasteiger partial charge on any atom is -0.478 e. The maximum atomic E-state index is 12.8. The molecule has 1 amide bonds. The number of Topliss-reactive ketones (excluding diaryl/α,β-unsaturated/α-hetero) is 1. The fourth-order valence-electron chi connectivity index (χ4n) is 5.46. The van der Waals surface area contributed by atoms with E-state index in [9.17, 15) is 39.6 Å². The standard InChI is InChI=1S/C34H57NO9/c1-5-11-31-32(40)35-22-28(37)21-30(39)29(38)19-18-26(33(41)42)15-9-13-25(6-2)14-10-17-27(36)16-8-7-12-23(3)20-24(4)34(43)44-31/h9,13,15,23-25,28-31,37-39H,5-8,10-12,14,16-22H2,1-4H3,(H,35,40)(H,41,42)/b13-9+,26-15+. The summed E-state index contributed by atoms with van der Waals surface area (Å²) in [7, 11) is 0. The van der Waals surface area contributed by atoms with Gasteiger partial charge < -0.3 is 30.5 Å². The first kappa shape index (κ1) is 39.5. The molecule has 1 rings (SSSR count). The highest BCUT2D eigenvalue weighted by Gasteiger charge is 2.27. The number of esters is 1. The second-order valence-corrected chi connectivity index (χ2v) is 12.5. The Bertz CT molecular complexity index is 947. The van der Waals surface area contributed by atoms with E-state index in [0.717, 1.165) is 38.5 Å². The summed E-state index contributed by atoms with van der Waals surface area (Å²) in [4.78, 5) is 49.7. The minimum absolute atomic E-state index is 0.0112. The summed E-state index contributed by atoms with van der Waals surface area (Å²) in [5.74, 6) is -1.81. The number of cyclic esters (lactones) is 1. The van der Waals surface area contributed by atoms with Gasteiger partial charge in [-0.2, -0.15) is 0 Å². The molecule has 1 aliphatic heterocycles. The van der Waals surface area contributed by atoms with E-state index in [-0.39, 0.29) is 49.0 Å². The van der Waals surface area contributed by atoms with Crippen molar-refractivity contribution < 1.29 is 44.3 Å². The molecular weight excluding hydrogens is 566 g/mol. The number of carbonyl (C=O) groups is 4. The number of rotatable bonds is 4. The molecule has 10 heteroatoms. The summed E-state index contributed by atoms with van der Waals surface area (Å²) in [5.41, 5.74) is 0.0821. The third-order valence-electron chi connectivity index (χ3n) is 8.35. The number of hydrogen-bond acceptors (Lipinski definition) is 8. The molecule has 0 aromatic rings. The number of carbonyl (C=O) groups excluding carboxylic acids is 3. The predicted molar refractivity (Wildman–Crippen MR) is 169 cm³/mol. The molecule has 7 unspecified atom stereocenters. The number of ketones is 1. The van der Waals surface area contributed by atoms with Crippen LogP contribution in [0, 0.1) is 17.8 Å². The Hall–Kier alpha value is -2.56. The molecule has 44 heavy (non-hydrogen) atoms. The van der Waals surface area contributed by atoms with Gasteiger partial charge in [-0.05, 0) is 63.2 Å². The van der Waals surface area contributed by atoms with Crippen LogP contribution in [0.25, 0.3) is 0 Å². The molecule has 252 valence electrons. The van der Waals surface area contributed by atoms with Crippen LogP contribution in [0.15, 0.2) is 23.8 Å². The van der Waals surface area contributed by atoms with Crippen molar-refractivity contribution in [2.75, 3.05) is 6.54 Å². The van der Waals surface area contributed by atoms with Gasteiger partial charge >= 0.3 is 11.9 Å². The van der Waals surface area contributed by atoms with Crippen molar-refractivity contribution in [1.82, 2.24) is 5.32 Å². The Kier molecular flexibility index (Phi) is 19.8. The Morgan fingerprint density at radius 1 is 0.932 bits per heavy atom. The molecule has 7 atom stereocenters. The zero-order valence-corrected chi connectivity index (χ0v) is 27.2. The molecule has 0 saturated heterocycles. The molecule has 0 aromatic heterocycles. The van der Waals surface area contributed by atoms with Crippen LogP contribution in [0.5, 0.6) is 0 Å². The number of hydrogen-bond donors (Lipinski definition) is 5. The van der Waals surface area contributed by atoms with E-state index in [2.05, 4.69) is 12.2 Å².